The minimum absolute atomic E-state index is 0.315. The quantitative estimate of drug-likeness (QED) is 0.565. The van der Waals surface area contributed by atoms with Crippen LogP contribution in [0.4, 0.5) is 0 Å². The zero-order chi connectivity index (χ0) is 15.3. The average Bonchev–Trinajstić information content (AvgIpc) is 2.46. The first kappa shape index (κ1) is 16.1. The van der Waals surface area contributed by atoms with Crippen LogP contribution in [0, 0.1) is 0 Å². The lowest BCUT2D eigenvalue weighted by atomic mass is 9.90. The van der Waals surface area contributed by atoms with E-state index in [-0.39, 0.29) is 18.5 Å². The highest BCUT2D eigenvalue weighted by Gasteiger charge is 2.54. The van der Waals surface area contributed by atoms with Gasteiger partial charge in [0.05, 0.1) is 11.2 Å². The van der Waals surface area contributed by atoms with E-state index in [1.54, 1.807) is 0 Å². The van der Waals surface area contributed by atoms with Crippen LogP contribution in [-0.4, -0.2) is 30.6 Å². The average molecular weight is 314 g/mol. The fourth-order valence-electron chi connectivity index (χ4n) is 2.53. The van der Waals surface area contributed by atoms with E-state index in [0.717, 1.165) is 0 Å². The third-order valence-corrected chi connectivity index (χ3v) is 7.35. The van der Waals surface area contributed by atoms with Crippen molar-refractivity contribution in [3.63, 3.8) is 0 Å². The van der Waals surface area contributed by atoms with Crippen molar-refractivity contribution in [3.8, 4) is 0 Å². The van der Waals surface area contributed by atoms with Crippen LogP contribution in [-0.2, 0) is 9.31 Å². The van der Waals surface area contributed by atoms with Crippen LogP contribution in [0.2, 0.25) is 18.6 Å². The van der Waals surface area contributed by atoms with Crippen molar-refractivity contribution in [2.45, 2.75) is 64.5 Å². The van der Waals surface area contributed by atoms with Crippen molar-refractivity contribution in [2.75, 3.05) is 0 Å². The number of nitrogens with zero attached hydrogens (tertiary/aromatic N) is 1. The molecule has 1 atom stereocenters. The van der Waals surface area contributed by atoms with E-state index >= 15 is 0 Å². The molecule has 20 heavy (non-hydrogen) atoms. The van der Waals surface area contributed by atoms with Crippen molar-refractivity contribution in [2.24, 2.45) is 0 Å². The summed E-state index contributed by atoms with van der Waals surface area (Å²) in [6.07, 6.45) is 6.32. The summed E-state index contributed by atoms with van der Waals surface area (Å²) in [5.41, 5.74) is 1.01. The Morgan fingerprint density at radius 3 is 2.10 bits per heavy atom. The molecular weight excluding hydrogens is 289 g/mol. The third-order valence-electron chi connectivity index (χ3n) is 4.52. The van der Waals surface area contributed by atoms with E-state index in [0.29, 0.717) is 5.54 Å². The van der Waals surface area contributed by atoms with E-state index in [1.165, 1.54) is 5.57 Å². The summed E-state index contributed by atoms with van der Waals surface area (Å²) in [5.74, 6) is 0. The Balaban J connectivity index is 2.15. The molecule has 2 rings (SSSR count). The summed E-state index contributed by atoms with van der Waals surface area (Å²) in [6.45, 7) is 14.7. The van der Waals surface area contributed by atoms with E-state index in [1.807, 2.05) is 11.0 Å². The molecule has 6 heteroatoms. The molecule has 2 heterocycles. The summed E-state index contributed by atoms with van der Waals surface area (Å²) < 4.78 is 12.1. The molecule has 2 aliphatic rings. The zero-order valence-corrected chi connectivity index (χ0v) is 15.3. The molecule has 0 saturated carbocycles. The van der Waals surface area contributed by atoms with E-state index in [9.17, 15) is 0 Å². The van der Waals surface area contributed by atoms with Gasteiger partial charge in [-0.1, -0.05) is 24.7 Å². The van der Waals surface area contributed by atoms with Gasteiger partial charge in [0.2, 0.25) is 0 Å². The lowest BCUT2D eigenvalue weighted by molar-refractivity contribution is 0.00578. The summed E-state index contributed by atoms with van der Waals surface area (Å²) in [5, 5.41) is 0. The van der Waals surface area contributed by atoms with Gasteiger partial charge in [0.25, 0.3) is 0 Å². The second kappa shape index (κ2) is 4.90. The molecule has 1 unspecified atom stereocenters. The minimum Gasteiger partial charge on any atom is -0.384 e. The monoisotopic (exact) mass is 313 g/mol. The first-order valence-electron chi connectivity index (χ1n) is 7.13. The van der Waals surface area contributed by atoms with Crippen LogP contribution >= 0.6 is 11.1 Å². The smallest absolute Gasteiger partial charge is 0.384 e. The van der Waals surface area contributed by atoms with Crippen molar-refractivity contribution >= 4 is 25.7 Å². The molecule has 112 valence electrons. The number of allylic oxidation sites excluding steroid dienone is 2. The van der Waals surface area contributed by atoms with Crippen molar-refractivity contribution in [1.29, 1.82) is 0 Å². The molecule has 0 amide bonds. The van der Waals surface area contributed by atoms with Crippen molar-refractivity contribution < 1.29 is 9.31 Å². The fraction of sp³-hybridized carbons (Fsp3) is 0.714. The van der Waals surface area contributed by atoms with Gasteiger partial charge in [-0.25, -0.2) is 0 Å². The molecule has 0 aromatic heterocycles. The van der Waals surface area contributed by atoms with Crippen LogP contribution in [0.5, 0.6) is 0 Å². The maximum absolute atomic E-state index is 6.57. The molecule has 2 aliphatic heterocycles. The zero-order valence-electron chi connectivity index (χ0n) is 13.5. The van der Waals surface area contributed by atoms with Gasteiger partial charge >= 0.3 is 7.25 Å². The topological polar surface area (TPSA) is 21.7 Å². The predicted molar refractivity (Wildman–Crippen MR) is 87.9 cm³/mol. The van der Waals surface area contributed by atoms with Gasteiger partial charge in [0.15, 0.2) is 7.38 Å². The molecule has 0 N–H and O–H groups in total. The Bertz CT molecular complexity index is 441. The molecule has 0 aromatic rings. The summed E-state index contributed by atoms with van der Waals surface area (Å²) >= 11 is 6.57. The van der Waals surface area contributed by atoms with Gasteiger partial charge in [-0.15, -0.1) is 0 Å². The van der Waals surface area contributed by atoms with E-state index in [2.05, 4.69) is 60.0 Å². The summed E-state index contributed by atoms with van der Waals surface area (Å²) in [4.78, 5) is 2.00. The van der Waals surface area contributed by atoms with Crippen molar-refractivity contribution in [1.82, 2.24) is 4.81 Å². The Morgan fingerprint density at radius 2 is 1.70 bits per heavy atom. The standard InChI is InChI=1S/C14H25BClNO2Si/c1-11-10-17(9-8-12(11)20(6,7)16)15-18-13(2,3)14(4,5)19-15/h8-10,12H,1-7H3. The molecule has 0 radical (unpaired) electrons. The second-order valence-electron chi connectivity index (χ2n) is 7.27. The first-order valence-corrected chi connectivity index (χ1v) is 11.2. The van der Waals surface area contributed by atoms with Gasteiger partial charge in [0, 0.05) is 5.54 Å². The summed E-state index contributed by atoms with van der Waals surface area (Å²) in [6, 6.07) is 0. The number of hydrogen-bond donors (Lipinski definition) is 0. The van der Waals surface area contributed by atoms with Gasteiger partial charge in [-0.2, -0.15) is 11.1 Å². The molecule has 3 nitrogen and oxygen atoms in total. The lowest BCUT2D eigenvalue weighted by Crippen LogP contribution is -2.41. The Kier molecular flexibility index (Phi) is 3.96. The van der Waals surface area contributed by atoms with Gasteiger partial charge in [-0.05, 0) is 47.0 Å². The molecule has 0 aliphatic carbocycles. The molecule has 1 saturated heterocycles. The lowest BCUT2D eigenvalue weighted by Gasteiger charge is -2.32. The number of halogens is 1. The van der Waals surface area contributed by atoms with Crippen LogP contribution in [0.15, 0.2) is 24.0 Å². The molecule has 0 spiro atoms. The first-order chi connectivity index (χ1) is 8.94. The Labute approximate surface area is 128 Å². The highest BCUT2D eigenvalue weighted by Crippen LogP contribution is 2.40. The summed E-state index contributed by atoms with van der Waals surface area (Å²) in [7, 11) is -2.10. The van der Waals surface area contributed by atoms with Crippen LogP contribution in [0.1, 0.15) is 34.6 Å². The van der Waals surface area contributed by atoms with E-state index in [4.69, 9.17) is 20.4 Å². The number of hydrogen-bond acceptors (Lipinski definition) is 3. The Morgan fingerprint density at radius 1 is 1.20 bits per heavy atom. The SMILES string of the molecule is CC1=CN(B2OC(C)(C)C(C)(C)O2)C=CC1[Si](C)(C)Cl. The largest absolute Gasteiger partial charge is 0.598 e. The molecular formula is C14H25BClNO2Si. The normalized spacial score (nSPS) is 28.8. The van der Waals surface area contributed by atoms with Crippen molar-refractivity contribution in [3.05, 3.63) is 24.0 Å². The second-order valence-corrected chi connectivity index (χ2v) is 13.9. The Hall–Kier alpha value is -0.228. The van der Waals surface area contributed by atoms with Crippen LogP contribution in [0.25, 0.3) is 0 Å². The predicted octanol–water partition coefficient (Wildman–Crippen LogP) is 4.12. The molecule has 0 aromatic carbocycles. The van der Waals surface area contributed by atoms with Gasteiger partial charge < -0.3 is 14.1 Å². The number of rotatable bonds is 2. The minimum atomic E-state index is -1.74. The molecule has 0 bridgehead atoms. The van der Waals surface area contributed by atoms with Gasteiger partial charge in [-0.3, -0.25) is 0 Å². The third kappa shape index (κ3) is 2.87. The highest BCUT2D eigenvalue weighted by molar-refractivity contribution is 7.20. The maximum Gasteiger partial charge on any atom is 0.598 e. The highest BCUT2D eigenvalue weighted by atomic mass is 35.6. The van der Waals surface area contributed by atoms with E-state index < -0.39 is 7.38 Å². The fourth-order valence-corrected chi connectivity index (χ4v) is 4.97. The van der Waals surface area contributed by atoms with Crippen LogP contribution < -0.4 is 0 Å². The molecule has 1 fully saturated rings. The van der Waals surface area contributed by atoms with Crippen LogP contribution in [0.3, 0.4) is 0 Å². The maximum atomic E-state index is 6.57. The van der Waals surface area contributed by atoms with Gasteiger partial charge in [0.1, 0.15) is 0 Å².